The highest BCUT2D eigenvalue weighted by atomic mass is 127. The van der Waals surface area contributed by atoms with Crippen molar-refractivity contribution >= 4 is 85.7 Å². The van der Waals surface area contributed by atoms with Gasteiger partial charge in [0.05, 0.1) is 10.2 Å². The lowest BCUT2D eigenvalue weighted by Crippen LogP contribution is -2.05. The van der Waals surface area contributed by atoms with Gasteiger partial charge in [-0.2, -0.15) is 0 Å². The monoisotopic (exact) mass is 777 g/mol. The Balaban J connectivity index is 1.60. The molecule has 0 saturated heterocycles. The molecule has 1 aliphatic rings. The van der Waals surface area contributed by atoms with Crippen LogP contribution in [-0.2, 0) is 16.1 Å². The number of aliphatic imine (C=N–C) groups is 1. The van der Waals surface area contributed by atoms with Gasteiger partial charge < -0.3 is 14.2 Å². The normalized spacial score (nSPS) is 14.2. The number of rotatable bonds is 7. The Kier molecular flexibility index (Phi) is 8.28. The summed E-state index contributed by atoms with van der Waals surface area (Å²) in [5.74, 6) is 1.13. The number of carbonyl (C=O) groups is 1. The molecule has 0 saturated carbocycles. The van der Waals surface area contributed by atoms with Crippen LogP contribution in [0.5, 0.6) is 11.5 Å². The van der Waals surface area contributed by atoms with Crippen LogP contribution in [0, 0.1) is 10.7 Å². The van der Waals surface area contributed by atoms with Gasteiger partial charge in [-0.25, -0.2) is 9.79 Å². The number of cyclic esters (lactones) is 1. The predicted molar refractivity (Wildman–Crippen MR) is 154 cm³/mol. The zero-order valence-corrected chi connectivity index (χ0v) is 24.0. The summed E-state index contributed by atoms with van der Waals surface area (Å²) in [6.07, 6.45) is 1.70. The molecule has 4 rings (SSSR count). The Labute approximate surface area is 233 Å². The number of nitrogens with zero attached hydrogens (tertiary/aromatic N) is 1. The van der Waals surface area contributed by atoms with Gasteiger partial charge in [0.25, 0.3) is 0 Å². The molecular weight excluding hydrogens is 759 g/mol. The first kappa shape index (κ1) is 24.5. The van der Waals surface area contributed by atoms with Crippen molar-refractivity contribution in [3.8, 4) is 11.5 Å². The van der Waals surface area contributed by atoms with Crippen LogP contribution in [0.1, 0.15) is 23.6 Å². The van der Waals surface area contributed by atoms with E-state index in [4.69, 9.17) is 14.2 Å². The number of hydrogen-bond donors (Lipinski definition) is 0. The lowest BCUT2D eigenvalue weighted by molar-refractivity contribution is -0.129. The van der Waals surface area contributed by atoms with E-state index in [-0.39, 0.29) is 5.70 Å². The molecule has 168 valence electrons. The van der Waals surface area contributed by atoms with Gasteiger partial charge in [-0.3, -0.25) is 0 Å². The van der Waals surface area contributed by atoms with Crippen molar-refractivity contribution in [1.29, 1.82) is 0 Å². The fourth-order valence-electron chi connectivity index (χ4n) is 3.09. The zero-order chi connectivity index (χ0) is 23.4. The molecule has 0 unspecified atom stereocenters. The third-order valence-corrected chi connectivity index (χ3v) is 6.88. The molecule has 0 N–H and O–H groups in total. The fourth-order valence-corrected chi connectivity index (χ4v) is 4.59. The molecule has 0 fully saturated rings. The summed E-state index contributed by atoms with van der Waals surface area (Å²) in [7, 11) is 0. The number of ether oxygens (including phenoxy) is 3. The molecule has 1 heterocycles. The second-order valence-electron chi connectivity index (χ2n) is 7.02. The highest BCUT2D eigenvalue weighted by Gasteiger charge is 2.24. The van der Waals surface area contributed by atoms with Gasteiger partial charge in [0.15, 0.2) is 17.2 Å². The third-order valence-electron chi connectivity index (χ3n) is 4.64. The van der Waals surface area contributed by atoms with Crippen molar-refractivity contribution in [1.82, 2.24) is 0 Å². The van der Waals surface area contributed by atoms with E-state index < -0.39 is 5.97 Å². The molecule has 0 atom stereocenters. The van der Waals surface area contributed by atoms with E-state index in [0.717, 1.165) is 23.8 Å². The molecule has 33 heavy (non-hydrogen) atoms. The minimum absolute atomic E-state index is 0.245. The zero-order valence-electron chi connectivity index (χ0n) is 17.5. The molecule has 0 amide bonds. The van der Waals surface area contributed by atoms with Gasteiger partial charge in [0.1, 0.15) is 6.61 Å². The highest BCUT2D eigenvalue weighted by Crippen LogP contribution is 2.36. The van der Waals surface area contributed by atoms with Crippen LogP contribution >= 0.6 is 67.8 Å². The number of hydrogen-bond acceptors (Lipinski definition) is 5. The van der Waals surface area contributed by atoms with Crippen molar-refractivity contribution in [2.24, 2.45) is 4.99 Å². The van der Waals surface area contributed by atoms with Crippen molar-refractivity contribution in [3.05, 3.63) is 93.8 Å². The van der Waals surface area contributed by atoms with Crippen molar-refractivity contribution < 1.29 is 19.0 Å². The molecule has 0 aliphatic carbocycles. The second kappa shape index (κ2) is 11.2. The van der Waals surface area contributed by atoms with Gasteiger partial charge in [0, 0.05) is 12.7 Å². The fraction of sp³-hybridized carbons (Fsp3) is 0.120. The Morgan fingerprint density at radius 2 is 1.61 bits per heavy atom. The van der Waals surface area contributed by atoms with Gasteiger partial charge in [-0.1, -0.05) is 12.1 Å². The van der Waals surface area contributed by atoms with Crippen LogP contribution in [0.2, 0.25) is 0 Å². The highest BCUT2D eigenvalue weighted by molar-refractivity contribution is 14.1. The largest absolute Gasteiger partial charge is 0.490 e. The summed E-state index contributed by atoms with van der Waals surface area (Å²) in [6.45, 7) is 2.85. The molecule has 3 aromatic rings. The standard InChI is InChI=1S/C25H18I3NO4/c1-2-31-22-13-16(11-20(28)23(22)32-14-15-3-7-18(26)8-4-15)12-21-25(30)33-24(29-21)17-5-9-19(27)10-6-17/h3-13H,2,14H2,1H3/b21-12-. The van der Waals surface area contributed by atoms with E-state index in [1.165, 1.54) is 3.57 Å². The first-order valence-corrected chi connectivity index (χ1v) is 13.3. The molecule has 0 bridgehead atoms. The first-order valence-electron chi connectivity index (χ1n) is 10.0. The lowest BCUT2D eigenvalue weighted by atomic mass is 10.1. The number of halogens is 3. The molecule has 8 heteroatoms. The minimum Gasteiger partial charge on any atom is -0.490 e. The van der Waals surface area contributed by atoms with E-state index in [1.807, 2.05) is 55.5 Å². The average Bonchev–Trinajstić information content (AvgIpc) is 3.15. The quantitative estimate of drug-likeness (QED) is 0.150. The maximum Gasteiger partial charge on any atom is 0.363 e. The lowest BCUT2D eigenvalue weighted by Gasteiger charge is -2.15. The Morgan fingerprint density at radius 1 is 0.939 bits per heavy atom. The summed E-state index contributed by atoms with van der Waals surface area (Å²) in [4.78, 5) is 16.8. The molecular formula is C25H18I3NO4. The third kappa shape index (κ3) is 6.27. The minimum atomic E-state index is -0.476. The maximum absolute atomic E-state index is 12.4. The summed E-state index contributed by atoms with van der Waals surface area (Å²) >= 11 is 6.72. The Morgan fingerprint density at radius 3 is 2.27 bits per heavy atom. The van der Waals surface area contributed by atoms with Crippen molar-refractivity contribution in [2.45, 2.75) is 13.5 Å². The molecule has 0 spiro atoms. The number of esters is 1. The molecule has 3 aromatic carbocycles. The molecule has 0 aromatic heterocycles. The second-order valence-corrected chi connectivity index (χ2v) is 10.7. The summed E-state index contributed by atoms with van der Waals surface area (Å²) < 4.78 is 20.5. The number of carbonyl (C=O) groups excluding carboxylic acids is 1. The van der Waals surface area contributed by atoms with E-state index in [0.29, 0.717) is 30.6 Å². The first-order chi connectivity index (χ1) is 15.9. The van der Waals surface area contributed by atoms with Crippen LogP contribution in [0.3, 0.4) is 0 Å². The summed E-state index contributed by atoms with van der Waals surface area (Å²) in [5, 5.41) is 0. The molecule has 0 radical (unpaired) electrons. The van der Waals surface area contributed by atoms with E-state index in [1.54, 1.807) is 6.08 Å². The van der Waals surface area contributed by atoms with Gasteiger partial charge in [-0.15, -0.1) is 0 Å². The SMILES string of the molecule is CCOc1cc(/C=C2\N=C(c3ccc(I)cc3)OC2=O)cc(I)c1OCc1ccc(I)cc1. The van der Waals surface area contributed by atoms with Crippen LogP contribution in [-0.4, -0.2) is 18.5 Å². The average molecular weight is 777 g/mol. The smallest absolute Gasteiger partial charge is 0.363 e. The molecule has 5 nitrogen and oxygen atoms in total. The van der Waals surface area contributed by atoms with E-state index in [2.05, 4.69) is 84.9 Å². The van der Waals surface area contributed by atoms with Crippen LogP contribution in [0.15, 0.2) is 71.4 Å². The van der Waals surface area contributed by atoms with Crippen LogP contribution < -0.4 is 9.47 Å². The molecule has 1 aliphatic heterocycles. The number of benzene rings is 3. The topological polar surface area (TPSA) is 57.1 Å². The predicted octanol–water partition coefficient (Wildman–Crippen LogP) is 6.82. The Bertz CT molecular complexity index is 1240. The van der Waals surface area contributed by atoms with E-state index in [9.17, 15) is 4.79 Å². The van der Waals surface area contributed by atoms with Gasteiger partial charge in [0.2, 0.25) is 5.90 Å². The summed E-state index contributed by atoms with van der Waals surface area (Å²) in [5.41, 5.74) is 2.86. The van der Waals surface area contributed by atoms with Crippen molar-refractivity contribution in [3.63, 3.8) is 0 Å². The maximum atomic E-state index is 12.4. The van der Waals surface area contributed by atoms with Crippen LogP contribution in [0.25, 0.3) is 6.08 Å². The Hall–Kier alpha value is -1.67. The van der Waals surface area contributed by atoms with Crippen molar-refractivity contribution in [2.75, 3.05) is 6.61 Å². The van der Waals surface area contributed by atoms with Gasteiger partial charge in [-0.05, 0) is 140 Å². The summed E-state index contributed by atoms with van der Waals surface area (Å²) in [6, 6.07) is 19.6. The van der Waals surface area contributed by atoms with Gasteiger partial charge >= 0.3 is 5.97 Å². The van der Waals surface area contributed by atoms with E-state index >= 15 is 0 Å². The van der Waals surface area contributed by atoms with Crippen LogP contribution in [0.4, 0.5) is 0 Å².